The molecule has 5 heteroatoms. The molecule has 0 aliphatic rings. The second kappa shape index (κ2) is 3.12. The predicted octanol–water partition coefficient (Wildman–Crippen LogP) is 0.924. The minimum Gasteiger partial charge on any atom is -0.366 e. The van der Waals surface area contributed by atoms with E-state index < -0.39 is 11.9 Å². The highest BCUT2D eigenvalue weighted by atomic mass is 127. The van der Waals surface area contributed by atoms with Gasteiger partial charge in [-0.2, -0.15) is 4.39 Å². The molecule has 0 unspecified atom stereocenters. The van der Waals surface area contributed by atoms with Crippen LogP contribution in [0.2, 0.25) is 0 Å². The number of pyridine rings is 1. The van der Waals surface area contributed by atoms with Crippen LogP contribution in [0.5, 0.6) is 0 Å². The molecule has 0 saturated carbocycles. The molecule has 0 radical (unpaired) electrons. The average molecular weight is 266 g/mol. The summed E-state index contributed by atoms with van der Waals surface area (Å²) in [6.45, 7) is 0. The number of rotatable bonds is 1. The van der Waals surface area contributed by atoms with Gasteiger partial charge in [0, 0.05) is 11.6 Å². The van der Waals surface area contributed by atoms with Crippen molar-refractivity contribution in [3.8, 4) is 0 Å². The fourth-order valence-electron chi connectivity index (χ4n) is 0.607. The molecule has 1 heterocycles. The second-order valence-electron chi connectivity index (χ2n) is 1.87. The van der Waals surface area contributed by atoms with E-state index in [4.69, 9.17) is 5.73 Å². The summed E-state index contributed by atoms with van der Waals surface area (Å²) in [6, 6.07) is 2.43. The molecule has 11 heavy (non-hydrogen) atoms. The van der Waals surface area contributed by atoms with Crippen LogP contribution in [0.3, 0.4) is 0 Å². The monoisotopic (exact) mass is 266 g/mol. The van der Waals surface area contributed by atoms with Gasteiger partial charge in [0.15, 0.2) is 0 Å². The Hall–Kier alpha value is -0.720. The van der Waals surface area contributed by atoms with Crippen LogP contribution >= 0.6 is 22.6 Å². The molecule has 58 valence electrons. The number of carbonyl (C=O) groups excluding carboxylic acids is 1. The standard InChI is InChI=1S/C6H4FIN2O/c7-4-1-3(6(9)11)2-5(8)10-4/h1-2H,(H2,9,11). The number of amides is 1. The summed E-state index contributed by atoms with van der Waals surface area (Å²) in [4.78, 5) is 14.0. The van der Waals surface area contributed by atoms with Crippen LogP contribution in [0.25, 0.3) is 0 Å². The third-order valence-corrected chi connectivity index (χ3v) is 1.60. The van der Waals surface area contributed by atoms with Gasteiger partial charge in [-0.1, -0.05) is 0 Å². The maximum Gasteiger partial charge on any atom is 0.248 e. The zero-order chi connectivity index (χ0) is 8.43. The predicted molar refractivity (Wildman–Crippen MR) is 45.4 cm³/mol. The lowest BCUT2D eigenvalue weighted by molar-refractivity contribution is 0.0999. The number of aromatic nitrogens is 1. The first-order chi connectivity index (χ1) is 5.09. The quantitative estimate of drug-likeness (QED) is 0.607. The normalized spacial score (nSPS) is 9.64. The molecule has 1 aromatic heterocycles. The van der Waals surface area contributed by atoms with Crippen LogP contribution in [0.1, 0.15) is 10.4 Å². The van der Waals surface area contributed by atoms with Gasteiger partial charge in [0.25, 0.3) is 0 Å². The largest absolute Gasteiger partial charge is 0.366 e. The number of nitrogens with zero attached hydrogens (tertiary/aromatic N) is 1. The van der Waals surface area contributed by atoms with E-state index in [0.29, 0.717) is 3.70 Å². The van der Waals surface area contributed by atoms with Crippen LogP contribution in [-0.2, 0) is 0 Å². The van der Waals surface area contributed by atoms with Crippen molar-refractivity contribution < 1.29 is 9.18 Å². The average Bonchev–Trinajstić information content (AvgIpc) is 1.85. The van der Waals surface area contributed by atoms with E-state index in [0.717, 1.165) is 6.07 Å². The highest BCUT2D eigenvalue weighted by Crippen LogP contribution is 2.06. The van der Waals surface area contributed by atoms with E-state index in [2.05, 4.69) is 4.98 Å². The van der Waals surface area contributed by atoms with Crippen molar-refractivity contribution in [3.63, 3.8) is 0 Å². The Morgan fingerprint density at radius 2 is 2.27 bits per heavy atom. The fraction of sp³-hybridized carbons (Fsp3) is 0. The summed E-state index contributed by atoms with van der Waals surface area (Å²) < 4.78 is 12.9. The molecule has 1 aromatic rings. The van der Waals surface area contributed by atoms with Crippen LogP contribution in [0.15, 0.2) is 12.1 Å². The number of hydrogen-bond acceptors (Lipinski definition) is 2. The van der Waals surface area contributed by atoms with Gasteiger partial charge in [-0.05, 0) is 28.7 Å². The zero-order valence-corrected chi connectivity index (χ0v) is 7.50. The Bertz CT molecular complexity index is 282. The second-order valence-corrected chi connectivity index (χ2v) is 2.97. The van der Waals surface area contributed by atoms with E-state index in [1.54, 1.807) is 22.6 Å². The molecule has 0 aromatic carbocycles. The third-order valence-electron chi connectivity index (χ3n) is 1.05. The molecule has 0 aliphatic carbocycles. The Balaban J connectivity index is 3.19. The van der Waals surface area contributed by atoms with Crippen molar-refractivity contribution in [1.29, 1.82) is 0 Å². The third kappa shape index (κ3) is 2.11. The summed E-state index contributed by atoms with van der Waals surface area (Å²) in [7, 11) is 0. The molecule has 0 aliphatic heterocycles. The van der Waals surface area contributed by atoms with E-state index in [9.17, 15) is 9.18 Å². The van der Waals surface area contributed by atoms with E-state index in [-0.39, 0.29) is 5.56 Å². The Morgan fingerprint density at radius 3 is 2.73 bits per heavy atom. The smallest absolute Gasteiger partial charge is 0.248 e. The first-order valence-electron chi connectivity index (χ1n) is 2.72. The molecule has 0 fully saturated rings. The lowest BCUT2D eigenvalue weighted by Crippen LogP contribution is -2.11. The van der Waals surface area contributed by atoms with Gasteiger partial charge < -0.3 is 5.73 Å². The molecule has 0 spiro atoms. The highest BCUT2D eigenvalue weighted by molar-refractivity contribution is 14.1. The summed E-state index contributed by atoms with van der Waals surface area (Å²) in [5, 5.41) is 0. The molecule has 3 nitrogen and oxygen atoms in total. The minimum absolute atomic E-state index is 0.141. The topological polar surface area (TPSA) is 56.0 Å². The molecular weight excluding hydrogens is 262 g/mol. The van der Waals surface area contributed by atoms with Crippen LogP contribution in [0, 0.1) is 9.65 Å². The summed E-state index contributed by atoms with van der Waals surface area (Å²) in [6.07, 6.45) is 0. The van der Waals surface area contributed by atoms with Gasteiger partial charge in [0.05, 0.1) is 0 Å². The van der Waals surface area contributed by atoms with Crippen molar-refractivity contribution >= 4 is 28.5 Å². The van der Waals surface area contributed by atoms with Gasteiger partial charge in [0.2, 0.25) is 11.9 Å². The molecule has 1 rings (SSSR count). The maximum absolute atomic E-state index is 12.5. The van der Waals surface area contributed by atoms with Crippen molar-refractivity contribution in [1.82, 2.24) is 4.98 Å². The van der Waals surface area contributed by atoms with E-state index >= 15 is 0 Å². The molecule has 0 atom stereocenters. The van der Waals surface area contributed by atoms with Crippen LogP contribution in [0.4, 0.5) is 4.39 Å². The Kier molecular flexibility index (Phi) is 2.38. The Morgan fingerprint density at radius 1 is 1.64 bits per heavy atom. The van der Waals surface area contributed by atoms with Crippen molar-refractivity contribution in [2.45, 2.75) is 0 Å². The fourth-order valence-corrected chi connectivity index (χ4v) is 1.17. The van der Waals surface area contributed by atoms with Crippen LogP contribution < -0.4 is 5.73 Å². The number of primary amides is 1. The molecule has 0 bridgehead atoms. The van der Waals surface area contributed by atoms with Gasteiger partial charge in [0.1, 0.15) is 3.70 Å². The first-order valence-corrected chi connectivity index (χ1v) is 3.80. The van der Waals surface area contributed by atoms with Gasteiger partial charge in [-0.25, -0.2) is 4.98 Å². The number of hydrogen-bond donors (Lipinski definition) is 1. The van der Waals surface area contributed by atoms with Crippen molar-refractivity contribution in [2.24, 2.45) is 5.73 Å². The molecular formula is C6H4FIN2O. The summed E-state index contributed by atoms with van der Waals surface area (Å²) >= 11 is 1.81. The van der Waals surface area contributed by atoms with E-state index in [1.165, 1.54) is 6.07 Å². The van der Waals surface area contributed by atoms with Gasteiger partial charge >= 0.3 is 0 Å². The summed E-state index contributed by atoms with van der Waals surface area (Å²) in [5.74, 6) is -1.34. The number of nitrogens with two attached hydrogens (primary N) is 1. The summed E-state index contributed by atoms with van der Waals surface area (Å²) in [5.41, 5.74) is 5.06. The molecule has 1 amide bonds. The van der Waals surface area contributed by atoms with Crippen molar-refractivity contribution in [2.75, 3.05) is 0 Å². The minimum atomic E-state index is -0.689. The molecule has 2 N–H and O–H groups in total. The van der Waals surface area contributed by atoms with Gasteiger partial charge in [-0.15, -0.1) is 0 Å². The Labute approximate surface area is 75.9 Å². The van der Waals surface area contributed by atoms with E-state index in [1.807, 2.05) is 0 Å². The first kappa shape index (κ1) is 8.38. The SMILES string of the molecule is NC(=O)c1cc(F)nc(I)c1. The lowest BCUT2D eigenvalue weighted by Gasteiger charge is -1.95. The highest BCUT2D eigenvalue weighted by Gasteiger charge is 2.03. The van der Waals surface area contributed by atoms with Gasteiger partial charge in [-0.3, -0.25) is 4.79 Å². The van der Waals surface area contributed by atoms with Crippen LogP contribution in [-0.4, -0.2) is 10.9 Å². The van der Waals surface area contributed by atoms with Crippen molar-refractivity contribution in [3.05, 3.63) is 27.3 Å². The molecule has 0 saturated heterocycles. The lowest BCUT2D eigenvalue weighted by atomic mass is 10.2. The maximum atomic E-state index is 12.5. The number of carbonyl (C=O) groups is 1. The number of halogens is 2. The zero-order valence-electron chi connectivity index (χ0n) is 5.34.